The molecule has 34 heavy (non-hydrogen) atoms. The Morgan fingerprint density at radius 1 is 0.941 bits per heavy atom. The smallest absolute Gasteiger partial charge is 0.208 e. The van der Waals surface area contributed by atoms with Crippen molar-refractivity contribution < 1.29 is 22.7 Å². The van der Waals surface area contributed by atoms with Crippen molar-refractivity contribution in [2.75, 3.05) is 13.2 Å². The summed E-state index contributed by atoms with van der Waals surface area (Å²) in [4.78, 5) is 18.0. The van der Waals surface area contributed by atoms with E-state index < -0.39 is 15.6 Å². The zero-order chi connectivity index (χ0) is 23.9. The molecule has 2 heterocycles. The van der Waals surface area contributed by atoms with Crippen LogP contribution >= 0.6 is 0 Å². The van der Waals surface area contributed by atoms with E-state index in [-0.39, 0.29) is 15.4 Å². The molecule has 0 bridgehead atoms. The maximum Gasteiger partial charge on any atom is 0.208 e. The summed E-state index contributed by atoms with van der Waals surface area (Å²) < 4.78 is 39.2. The number of aryl methyl sites for hydroxylation is 2. The van der Waals surface area contributed by atoms with Gasteiger partial charge in [-0.1, -0.05) is 48.9 Å². The number of pyridine rings is 1. The SMILES string of the molecule is CCc1ccc(C(=O)c2cnc3cc4c(cc3c2S(=O)(=O)c2ccc(C)cc2)OCCO4)cc1. The number of nitrogens with zero attached hydrogens (tertiary/aromatic N) is 1. The highest BCUT2D eigenvalue weighted by molar-refractivity contribution is 7.91. The second-order valence-corrected chi connectivity index (χ2v) is 10.1. The van der Waals surface area contributed by atoms with Crippen LogP contribution in [0.1, 0.15) is 34.0 Å². The number of carbonyl (C=O) groups excluding carboxylic acids is 1. The van der Waals surface area contributed by atoms with Crippen LogP contribution in [-0.2, 0) is 16.3 Å². The molecule has 0 unspecified atom stereocenters. The van der Waals surface area contributed by atoms with Gasteiger partial charge in [-0.2, -0.15) is 0 Å². The minimum absolute atomic E-state index is 0.0222. The molecule has 0 saturated heterocycles. The Morgan fingerprint density at radius 3 is 2.24 bits per heavy atom. The number of ketones is 1. The number of rotatable bonds is 5. The number of hydrogen-bond acceptors (Lipinski definition) is 6. The molecule has 7 heteroatoms. The third kappa shape index (κ3) is 3.82. The molecule has 0 radical (unpaired) electrons. The summed E-state index contributed by atoms with van der Waals surface area (Å²) in [5, 5.41) is 0.320. The number of benzene rings is 3. The van der Waals surface area contributed by atoms with Crippen LogP contribution in [0.5, 0.6) is 11.5 Å². The van der Waals surface area contributed by atoms with Crippen LogP contribution in [-0.4, -0.2) is 32.4 Å². The fourth-order valence-electron chi connectivity index (χ4n) is 4.04. The predicted octanol–water partition coefficient (Wildman–Crippen LogP) is 4.94. The van der Waals surface area contributed by atoms with Crippen LogP contribution in [0.2, 0.25) is 0 Å². The van der Waals surface area contributed by atoms with Gasteiger partial charge in [0.2, 0.25) is 9.84 Å². The lowest BCUT2D eigenvalue weighted by Gasteiger charge is -2.20. The molecule has 6 nitrogen and oxygen atoms in total. The molecule has 5 rings (SSSR count). The third-order valence-corrected chi connectivity index (χ3v) is 7.82. The number of ether oxygens (including phenoxy) is 2. The quantitative estimate of drug-likeness (QED) is 0.382. The zero-order valence-electron chi connectivity index (χ0n) is 18.9. The molecular formula is C27H23NO5S. The summed E-state index contributed by atoms with van der Waals surface area (Å²) in [6.45, 7) is 4.67. The first-order valence-corrected chi connectivity index (χ1v) is 12.5. The van der Waals surface area contributed by atoms with Crippen molar-refractivity contribution in [3.63, 3.8) is 0 Å². The Morgan fingerprint density at radius 2 is 1.59 bits per heavy atom. The lowest BCUT2D eigenvalue weighted by molar-refractivity contribution is 0.103. The predicted molar refractivity (Wildman–Crippen MR) is 129 cm³/mol. The van der Waals surface area contributed by atoms with Crippen LogP contribution < -0.4 is 9.47 Å². The Kier molecular flexibility index (Phi) is 5.57. The lowest BCUT2D eigenvalue weighted by atomic mass is 10.0. The van der Waals surface area contributed by atoms with Gasteiger partial charge in [-0.15, -0.1) is 0 Å². The minimum atomic E-state index is -4.06. The van der Waals surface area contributed by atoms with Crippen molar-refractivity contribution >= 4 is 26.5 Å². The standard InChI is InChI=1S/C27H23NO5S/c1-3-18-6-8-19(9-7-18)26(29)22-16-28-23-15-25-24(32-12-13-33-25)14-21(23)27(22)34(30,31)20-10-4-17(2)5-11-20/h4-11,14-16H,3,12-13H2,1-2H3. The molecule has 1 aliphatic rings. The van der Waals surface area contributed by atoms with E-state index in [4.69, 9.17) is 9.47 Å². The van der Waals surface area contributed by atoms with Crippen molar-refractivity contribution in [1.82, 2.24) is 4.98 Å². The largest absolute Gasteiger partial charge is 0.486 e. The van der Waals surface area contributed by atoms with Gasteiger partial charge in [0.15, 0.2) is 17.3 Å². The van der Waals surface area contributed by atoms with Crippen molar-refractivity contribution in [2.45, 2.75) is 30.1 Å². The maximum atomic E-state index is 13.9. The van der Waals surface area contributed by atoms with Crippen LogP contribution in [0.15, 0.2) is 76.7 Å². The second-order valence-electron chi connectivity index (χ2n) is 8.21. The van der Waals surface area contributed by atoms with E-state index >= 15 is 0 Å². The summed E-state index contributed by atoms with van der Waals surface area (Å²) in [6, 6.07) is 17.0. The van der Waals surface area contributed by atoms with Crippen LogP contribution in [0, 0.1) is 6.92 Å². The molecule has 0 saturated carbocycles. The van der Waals surface area contributed by atoms with Crippen LogP contribution in [0.4, 0.5) is 0 Å². The molecule has 1 aliphatic heterocycles. The summed E-state index contributed by atoms with van der Waals surface area (Å²) in [6.07, 6.45) is 2.18. The number of aromatic nitrogens is 1. The van der Waals surface area contributed by atoms with Crippen molar-refractivity contribution in [3.8, 4) is 11.5 Å². The molecule has 3 aromatic carbocycles. The first-order valence-electron chi connectivity index (χ1n) is 11.1. The first kappa shape index (κ1) is 22.1. The highest BCUT2D eigenvalue weighted by atomic mass is 32.2. The molecular weight excluding hydrogens is 450 g/mol. The number of hydrogen-bond donors (Lipinski definition) is 0. The monoisotopic (exact) mass is 473 g/mol. The number of carbonyl (C=O) groups is 1. The van der Waals surface area contributed by atoms with Gasteiger partial charge in [0.25, 0.3) is 0 Å². The summed E-state index contributed by atoms with van der Waals surface area (Å²) in [5.74, 6) is 0.523. The fraction of sp³-hybridized carbons (Fsp3) is 0.185. The van der Waals surface area contributed by atoms with Crippen molar-refractivity contribution in [1.29, 1.82) is 0 Å². The molecule has 172 valence electrons. The van der Waals surface area contributed by atoms with E-state index in [1.165, 1.54) is 6.20 Å². The Bertz CT molecular complexity index is 1510. The highest BCUT2D eigenvalue weighted by Gasteiger charge is 2.30. The third-order valence-electron chi connectivity index (χ3n) is 5.95. The lowest BCUT2D eigenvalue weighted by Crippen LogP contribution is -2.16. The molecule has 0 spiro atoms. The van der Waals surface area contributed by atoms with Gasteiger partial charge in [0.05, 0.1) is 20.9 Å². The van der Waals surface area contributed by atoms with Crippen molar-refractivity contribution in [2.24, 2.45) is 0 Å². The molecule has 0 aliphatic carbocycles. The Labute approximate surface area is 198 Å². The highest BCUT2D eigenvalue weighted by Crippen LogP contribution is 2.39. The Balaban J connectivity index is 1.77. The normalized spacial score (nSPS) is 13.1. The first-order chi connectivity index (χ1) is 16.4. The summed E-state index contributed by atoms with van der Waals surface area (Å²) in [5.41, 5.74) is 2.85. The van der Waals surface area contributed by atoms with E-state index in [2.05, 4.69) is 4.98 Å². The molecule has 0 N–H and O–H groups in total. The van der Waals surface area contributed by atoms with Crippen molar-refractivity contribution in [3.05, 3.63) is 89.1 Å². The van der Waals surface area contributed by atoms with Gasteiger partial charge in [-0.25, -0.2) is 8.42 Å². The molecule has 0 fully saturated rings. The average Bonchev–Trinajstić information content (AvgIpc) is 2.86. The summed E-state index contributed by atoms with van der Waals surface area (Å²) >= 11 is 0. The van der Waals surface area contributed by atoms with Crippen LogP contribution in [0.3, 0.4) is 0 Å². The molecule has 0 amide bonds. The van der Waals surface area contributed by atoms with Gasteiger partial charge in [0, 0.05) is 23.2 Å². The van der Waals surface area contributed by atoms with E-state index in [9.17, 15) is 13.2 Å². The number of fused-ring (bicyclic) bond motifs is 2. The summed E-state index contributed by atoms with van der Waals surface area (Å²) in [7, 11) is -4.06. The van der Waals surface area contributed by atoms with Gasteiger partial charge in [-0.3, -0.25) is 9.78 Å². The van der Waals surface area contributed by atoms with Gasteiger partial charge < -0.3 is 9.47 Å². The topological polar surface area (TPSA) is 82.6 Å². The van der Waals surface area contributed by atoms with E-state index in [0.717, 1.165) is 17.5 Å². The fourth-order valence-corrected chi connectivity index (χ4v) is 5.66. The van der Waals surface area contributed by atoms with Gasteiger partial charge in [0.1, 0.15) is 13.2 Å². The average molecular weight is 474 g/mol. The molecule has 1 aromatic heterocycles. The minimum Gasteiger partial charge on any atom is -0.486 e. The maximum absolute atomic E-state index is 13.9. The number of sulfone groups is 1. The molecule has 4 aromatic rings. The zero-order valence-corrected chi connectivity index (χ0v) is 19.7. The molecule has 0 atom stereocenters. The van der Waals surface area contributed by atoms with Crippen LogP contribution in [0.25, 0.3) is 10.9 Å². The van der Waals surface area contributed by atoms with E-state index in [1.807, 2.05) is 26.0 Å². The van der Waals surface area contributed by atoms with E-state index in [0.29, 0.717) is 41.2 Å². The van der Waals surface area contributed by atoms with E-state index in [1.54, 1.807) is 48.5 Å². The van der Waals surface area contributed by atoms with Gasteiger partial charge in [-0.05, 0) is 37.1 Å². The Hall–Kier alpha value is -3.71. The van der Waals surface area contributed by atoms with Gasteiger partial charge >= 0.3 is 0 Å². The second kappa shape index (κ2) is 8.57.